The second kappa shape index (κ2) is 9.80. The zero-order valence-electron chi connectivity index (χ0n) is 17.1. The molecule has 31 heavy (non-hydrogen) atoms. The minimum atomic E-state index is -0.582. The van der Waals surface area contributed by atoms with Crippen molar-refractivity contribution in [1.82, 2.24) is 15.6 Å². The number of methoxy groups -OCH3 is 1. The Morgan fingerprint density at radius 3 is 2.87 bits per heavy atom. The van der Waals surface area contributed by atoms with Crippen molar-refractivity contribution in [2.45, 2.75) is 6.04 Å². The van der Waals surface area contributed by atoms with Crippen molar-refractivity contribution in [3.8, 4) is 5.75 Å². The van der Waals surface area contributed by atoms with Crippen LogP contribution in [0.3, 0.4) is 0 Å². The quantitative estimate of drug-likeness (QED) is 0.644. The minimum Gasteiger partial charge on any atom is -0.497 e. The van der Waals surface area contributed by atoms with Crippen LogP contribution in [0.2, 0.25) is 0 Å². The fourth-order valence-electron chi connectivity index (χ4n) is 3.39. The average molecular weight is 441 g/mol. The number of hydrogen-bond acceptors (Lipinski definition) is 8. The zero-order valence-corrected chi connectivity index (χ0v) is 17.9. The van der Waals surface area contributed by atoms with Crippen LogP contribution < -0.4 is 25.6 Å². The number of amides is 2. The van der Waals surface area contributed by atoms with E-state index in [9.17, 15) is 9.59 Å². The van der Waals surface area contributed by atoms with E-state index in [1.54, 1.807) is 43.8 Å². The second-order valence-electron chi connectivity index (χ2n) is 7.07. The van der Waals surface area contributed by atoms with Gasteiger partial charge in [-0.3, -0.25) is 14.6 Å². The fraction of sp³-hybridized carbons (Fsp3) is 0.333. The van der Waals surface area contributed by atoms with Crippen LogP contribution in [-0.4, -0.2) is 67.0 Å². The van der Waals surface area contributed by atoms with Gasteiger partial charge in [0.15, 0.2) is 5.17 Å². The third-order valence-electron chi connectivity index (χ3n) is 5.02. The summed E-state index contributed by atoms with van der Waals surface area (Å²) in [6.45, 7) is 3.53. The highest BCUT2D eigenvalue weighted by Gasteiger charge is 2.27. The summed E-state index contributed by atoms with van der Waals surface area (Å²) < 4.78 is 5.15. The minimum absolute atomic E-state index is 0.220. The third-order valence-corrected chi connectivity index (χ3v) is 5.98. The van der Waals surface area contributed by atoms with Crippen LogP contribution >= 0.6 is 11.8 Å². The predicted octanol–water partition coefficient (Wildman–Crippen LogP) is 1.34. The van der Waals surface area contributed by atoms with Crippen molar-refractivity contribution in [2.75, 3.05) is 49.3 Å². The van der Waals surface area contributed by atoms with Crippen molar-refractivity contribution >= 4 is 40.1 Å². The number of aromatic nitrogens is 1. The lowest BCUT2D eigenvalue weighted by molar-refractivity contribution is -0.116. The molecule has 1 atom stereocenters. The van der Waals surface area contributed by atoms with E-state index in [1.165, 1.54) is 11.8 Å². The number of carbonyl (C=O) groups is 2. The number of piperazine rings is 1. The Hall–Kier alpha value is -3.11. The van der Waals surface area contributed by atoms with Crippen LogP contribution in [0.4, 0.5) is 11.4 Å². The van der Waals surface area contributed by atoms with Gasteiger partial charge in [0, 0.05) is 43.7 Å². The van der Waals surface area contributed by atoms with Crippen molar-refractivity contribution < 1.29 is 14.3 Å². The molecule has 0 bridgehead atoms. The maximum atomic E-state index is 12.8. The third kappa shape index (κ3) is 5.15. The smallest absolute Gasteiger partial charge is 0.257 e. The molecule has 0 radical (unpaired) electrons. The fourth-order valence-corrected chi connectivity index (χ4v) is 4.30. The number of aliphatic imine (C=N–C) groups is 1. The molecule has 2 amide bonds. The van der Waals surface area contributed by atoms with Crippen LogP contribution in [0.25, 0.3) is 0 Å². The van der Waals surface area contributed by atoms with Gasteiger partial charge in [0.05, 0.1) is 24.7 Å². The molecule has 1 unspecified atom stereocenters. The number of rotatable bonds is 5. The lowest BCUT2D eigenvalue weighted by Gasteiger charge is -2.30. The Kier molecular flexibility index (Phi) is 6.68. The van der Waals surface area contributed by atoms with Gasteiger partial charge in [0.2, 0.25) is 5.91 Å². The number of anilines is 2. The Bertz CT molecular complexity index is 993. The highest BCUT2D eigenvalue weighted by Crippen LogP contribution is 2.26. The molecule has 10 heteroatoms. The zero-order chi connectivity index (χ0) is 21.6. The number of ether oxygens (including phenoxy) is 1. The van der Waals surface area contributed by atoms with Gasteiger partial charge < -0.3 is 25.6 Å². The molecular formula is C21H24N6O3S. The standard InChI is InChI=1S/C21H24N6O3S/c1-30-15-4-2-3-14(11-15)19(28)26-21-25-17(13-31-21)20(29)24-16-12-23-6-5-18(16)27-9-7-22-8-10-27/h2-6,11-12,17,22H,7-10,13H2,1H3,(H,24,29)(H,25,26,28). The van der Waals surface area contributed by atoms with E-state index in [0.717, 1.165) is 31.9 Å². The molecule has 9 nitrogen and oxygen atoms in total. The number of amidine groups is 1. The van der Waals surface area contributed by atoms with Gasteiger partial charge in [0.1, 0.15) is 11.8 Å². The lowest BCUT2D eigenvalue weighted by Crippen LogP contribution is -2.44. The van der Waals surface area contributed by atoms with Gasteiger partial charge >= 0.3 is 0 Å². The summed E-state index contributed by atoms with van der Waals surface area (Å²) in [4.78, 5) is 36.1. The monoisotopic (exact) mass is 440 g/mol. The summed E-state index contributed by atoms with van der Waals surface area (Å²) >= 11 is 1.35. The van der Waals surface area contributed by atoms with Crippen LogP contribution in [0, 0.1) is 0 Å². The number of benzene rings is 1. The largest absolute Gasteiger partial charge is 0.497 e. The predicted molar refractivity (Wildman–Crippen MR) is 122 cm³/mol. The number of hydrogen-bond donors (Lipinski definition) is 3. The molecule has 0 saturated carbocycles. The van der Waals surface area contributed by atoms with Crippen molar-refractivity contribution in [2.24, 2.45) is 4.99 Å². The molecule has 2 aromatic rings. The maximum Gasteiger partial charge on any atom is 0.257 e. The number of thioether (sulfide) groups is 1. The van der Waals surface area contributed by atoms with Crippen LogP contribution in [0.15, 0.2) is 47.7 Å². The van der Waals surface area contributed by atoms with Crippen LogP contribution in [-0.2, 0) is 4.79 Å². The Morgan fingerprint density at radius 2 is 2.06 bits per heavy atom. The van der Waals surface area contributed by atoms with E-state index in [2.05, 4.69) is 30.8 Å². The molecule has 4 rings (SSSR count). The Morgan fingerprint density at radius 1 is 1.23 bits per heavy atom. The Labute approximate surface area is 184 Å². The molecule has 2 aliphatic heterocycles. The average Bonchev–Trinajstić information content (AvgIpc) is 3.28. The summed E-state index contributed by atoms with van der Waals surface area (Å²) in [5, 5.41) is 9.48. The van der Waals surface area contributed by atoms with Gasteiger partial charge in [-0.15, -0.1) is 0 Å². The molecule has 0 spiro atoms. The van der Waals surface area contributed by atoms with E-state index in [1.807, 2.05) is 6.07 Å². The molecular weight excluding hydrogens is 416 g/mol. The first-order chi connectivity index (χ1) is 15.1. The SMILES string of the molecule is COc1cccc(C(=O)NC2=NC(C(=O)Nc3cnccc3N3CCNCC3)CS2)c1. The normalized spacial score (nSPS) is 18.3. The topological polar surface area (TPSA) is 108 Å². The van der Waals surface area contributed by atoms with Crippen LogP contribution in [0.1, 0.15) is 10.4 Å². The molecule has 1 aromatic carbocycles. The van der Waals surface area contributed by atoms with Crippen LogP contribution in [0.5, 0.6) is 5.75 Å². The molecule has 3 N–H and O–H groups in total. The Balaban J connectivity index is 1.40. The number of nitrogens with one attached hydrogen (secondary N) is 3. The van der Waals surface area contributed by atoms with E-state index in [-0.39, 0.29) is 11.8 Å². The summed E-state index contributed by atoms with van der Waals surface area (Å²) in [5.41, 5.74) is 2.08. The molecule has 1 saturated heterocycles. The van der Waals surface area contributed by atoms with Gasteiger partial charge in [-0.1, -0.05) is 17.8 Å². The van der Waals surface area contributed by atoms with E-state index < -0.39 is 6.04 Å². The second-order valence-corrected chi connectivity index (χ2v) is 8.07. The summed E-state index contributed by atoms with van der Waals surface area (Å²) in [6, 6.07) is 8.19. The highest BCUT2D eigenvalue weighted by atomic mass is 32.2. The highest BCUT2D eigenvalue weighted by molar-refractivity contribution is 8.14. The molecule has 2 aliphatic rings. The lowest BCUT2D eigenvalue weighted by atomic mass is 10.2. The van der Waals surface area contributed by atoms with Gasteiger partial charge in [-0.05, 0) is 24.3 Å². The first-order valence-electron chi connectivity index (χ1n) is 10.0. The molecule has 1 fully saturated rings. The first-order valence-corrected chi connectivity index (χ1v) is 11.0. The molecule has 162 valence electrons. The summed E-state index contributed by atoms with van der Waals surface area (Å²) in [7, 11) is 1.55. The molecule has 0 aliphatic carbocycles. The maximum absolute atomic E-state index is 12.8. The number of nitrogens with zero attached hydrogens (tertiary/aromatic N) is 3. The number of pyridine rings is 1. The summed E-state index contributed by atoms with van der Waals surface area (Å²) in [6.07, 6.45) is 3.38. The van der Waals surface area contributed by atoms with E-state index in [4.69, 9.17) is 4.74 Å². The van der Waals surface area contributed by atoms with Gasteiger partial charge in [-0.2, -0.15) is 0 Å². The number of carbonyl (C=O) groups excluding carboxylic acids is 2. The van der Waals surface area contributed by atoms with Crippen molar-refractivity contribution in [1.29, 1.82) is 0 Å². The molecule has 3 heterocycles. The molecule has 1 aromatic heterocycles. The van der Waals surface area contributed by atoms with Gasteiger partial charge in [-0.25, -0.2) is 4.99 Å². The van der Waals surface area contributed by atoms with E-state index in [0.29, 0.717) is 27.9 Å². The summed E-state index contributed by atoms with van der Waals surface area (Å²) in [5.74, 6) is 0.549. The van der Waals surface area contributed by atoms with Crippen molar-refractivity contribution in [3.63, 3.8) is 0 Å². The van der Waals surface area contributed by atoms with E-state index >= 15 is 0 Å². The van der Waals surface area contributed by atoms with Gasteiger partial charge in [0.25, 0.3) is 5.91 Å². The first kappa shape index (κ1) is 21.1. The van der Waals surface area contributed by atoms with Crippen molar-refractivity contribution in [3.05, 3.63) is 48.3 Å².